The van der Waals surface area contributed by atoms with Gasteiger partial charge in [0.05, 0.1) is 0 Å². The Hall–Kier alpha value is 2.30. The fourth-order valence-electron chi connectivity index (χ4n) is 0.800. The average Bonchev–Trinajstić information content (AvgIpc) is 2.12. The maximum Gasteiger partial charge on any atom is 0 e. The third-order valence-electron chi connectivity index (χ3n) is 1.99. The van der Waals surface area contributed by atoms with Gasteiger partial charge in [-0.15, -0.1) is 31.7 Å². The zero-order chi connectivity index (χ0) is 13.1. The quantitative estimate of drug-likeness (QED) is 0.459. The van der Waals surface area contributed by atoms with Crippen molar-refractivity contribution in [1.29, 1.82) is 0 Å². The topological polar surface area (TPSA) is 31.5 Å². The fraction of sp³-hybridized carbons (Fsp3) is 1.00. The normalized spacial score (nSPS) is 10.0. The molecule has 0 fully saturated rings. The molecule has 0 unspecified atom stereocenters. The summed E-state index contributed by atoms with van der Waals surface area (Å²) in [5.74, 6) is 0. The van der Waals surface area contributed by atoms with Crippen molar-refractivity contribution in [3.63, 3.8) is 0 Å². The first-order valence-corrected chi connectivity index (χ1v) is 15.5. The second-order valence-corrected chi connectivity index (χ2v) is 15.6. The Kier molecular flexibility index (Phi) is 30.5. The van der Waals surface area contributed by atoms with Gasteiger partial charge in [-0.2, -0.15) is 0 Å². The summed E-state index contributed by atoms with van der Waals surface area (Å²) in [5.41, 5.74) is 0. The standard InChI is InChI=1S/2C6H16P2.H2O.Ru/c2*1-7(2)5-6-8(3)4;;/h2*5-6H2,1-4H3;1H2;. The third-order valence-corrected chi connectivity index (χ3v) is 7.17. The molecule has 0 amide bonds. The van der Waals surface area contributed by atoms with E-state index in [2.05, 4.69) is 53.3 Å². The molecule has 0 aromatic rings. The minimum absolute atomic E-state index is 0. The zero-order valence-corrected chi connectivity index (χ0v) is 18.8. The molecule has 0 aromatic carbocycles. The van der Waals surface area contributed by atoms with Crippen LogP contribution >= 0.6 is 31.7 Å². The maximum atomic E-state index is 2.36. The van der Waals surface area contributed by atoms with Gasteiger partial charge in [-0.1, -0.05) is 0 Å². The molecule has 0 saturated heterocycles. The Bertz CT molecular complexity index is 112. The van der Waals surface area contributed by atoms with Crippen LogP contribution in [-0.4, -0.2) is 83.4 Å². The van der Waals surface area contributed by atoms with Crippen molar-refractivity contribution < 1.29 is 25.0 Å². The van der Waals surface area contributed by atoms with Gasteiger partial charge in [-0.3, -0.25) is 0 Å². The van der Waals surface area contributed by atoms with Crippen LogP contribution in [0.3, 0.4) is 0 Å². The third kappa shape index (κ3) is 36.2. The van der Waals surface area contributed by atoms with Gasteiger partial charge in [0.25, 0.3) is 0 Å². The van der Waals surface area contributed by atoms with Crippen LogP contribution < -0.4 is 0 Å². The summed E-state index contributed by atoms with van der Waals surface area (Å²) in [4.78, 5) is 0. The van der Waals surface area contributed by atoms with Gasteiger partial charge >= 0.3 is 0 Å². The number of rotatable bonds is 6. The Morgan fingerprint density at radius 2 is 0.556 bits per heavy atom. The molecule has 0 atom stereocenters. The Morgan fingerprint density at radius 1 is 0.444 bits per heavy atom. The molecule has 116 valence electrons. The van der Waals surface area contributed by atoms with Crippen molar-refractivity contribution in [3.8, 4) is 0 Å². The van der Waals surface area contributed by atoms with Gasteiger partial charge in [0, 0.05) is 19.5 Å². The van der Waals surface area contributed by atoms with Crippen molar-refractivity contribution in [3.05, 3.63) is 0 Å². The van der Waals surface area contributed by atoms with Crippen LogP contribution in [-0.2, 0) is 19.5 Å². The molecule has 0 spiro atoms. The average molecular weight is 419 g/mol. The minimum Gasteiger partial charge on any atom is -0.412 e. The van der Waals surface area contributed by atoms with E-state index in [4.69, 9.17) is 0 Å². The van der Waals surface area contributed by atoms with Crippen molar-refractivity contribution in [2.75, 3.05) is 78.0 Å². The molecule has 2 N–H and O–H groups in total. The summed E-state index contributed by atoms with van der Waals surface area (Å²) < 4.78 is 0. The second-order valence-electron chi connectivity index (χ2n) is 5.21. The Morgan fingerprint density at radius 3 is 0.611 bits per heavy atom. The van der Waals surface area contributed by atoms with E-state index in [1.165, 1.54) is 24.6 Å². The molecule has 0 aromatic heterocycles. The molecule has 0 heterocycles. The smallest absolute Gasteiger partial charge is 0 e. The van der Waals surface area contributed by atoms with Crippen LogP contribution in [0.1, 0.15) is 0 Å². The summed E-state index contributed by atoms with van der Waals surface area (Å²) in [5, 5.41) is 0. The van der Waals surface area contributed by atoms with E-state index >= 15 is 0 Å². The van der Waals surface area contributed by atoms with Gasteiger partial charge in [0.1, 0.15) is 0 Å². The summed E-state index contributed by atoms with van der Waals surface area (Å²) in [7, 11) is 1.53. The van der Waals surface area contributed by atoms with E-state index in [1.807, 2.05) is 0 Å². The molecular formula is C12H34OP4Ru. The predicted octanol–water partition coefficient (Wildman–Crippen LogP) is 4.11. The second kappa shape index (κ2) is 19.3. The monoisotopic (exact) mass is 420 g/mol. The number of hydrogen-bond donors (Lipinski definition) is 0. The molecule has 0 saturated carbocycles. The van der Waals surface area contributed by atoms with Gasteiger partial charge in [0.15, 0.2) is 0 Å². The van der Waals surface area contributed by atoms with Crippen LogP contribution in [0.5, 0.6) is 0 Å². The summed E-state index contributed by atoms with van der Waals surface area (Å²) in [6.07, 6.45) is 5.92. The first-order valence-electron chi connectivity index (χ1n) is 5.84. The van der Waals surface area contributed by atoms with Gasteiger partial charge in [-0.25, -0.2) is 0 Å². The SMILES string of the molecule is CP(C)CCP(C)C.CP(C)CCP(C)C.O.[Ru]. The van der Waals surface area contributed by atoms with Crippen LogP contribution in [0.2, 0.25) is 0 Å². The molecule has 0 rings (SSSR count). The molecule has 0 aliphatic rings. The molecule has 0 bridgehead atoms. The molecule has 0 aliphatic carbocycles. The Labute approximate surface area is 134 Å². The molecule has 1 nitrogen and oxygen atoms in total. The number of hydrogen-bond acceptors (Lipinski definition) is 0. The summed E-state index contributed by atoms with van der Waals surface area (Å²) >= 11 is 0. The van der Waals surface area contributed by atoms with Crippen molar-refractivity contribution in [1.82, 2.24) is 0 Å². The van der Waals surface area contributed by atoms with Crippen molar-refractivity contribution >= 4 is 31.7 Å². The Balaban J connectivity index is -0.0000000980. The zero-order valence-electron chi connectivity index (χ0n) is 13.5. The maximum absolute atomic E-state index is 2.36. The first kappa shape index (κ1) is 28.5. The van der Waals surface area contributed by atoms with Gasteiger partial charge < -0.3 is 5.48 Å². The van der Waals surface area contributed by atoms with E-state index in [1.54, 1.807) is 0 Å². The van der Waals surface area contributed by atoms with Crippen LogP contribution in [0.25, 0.3) is 0 Å². The summed E-state index contributed by atoms with van der Waals surface area (Å²) in [6.45, 7) is 18.8. The largest absolute Gasteiger partial charge is 0.412 e. The van der Waals surface area contributed by atoms with Crippen molar-refractivity contribution in [2.45, 2.75) is 0 Å². The van der Waals surface area contributed by atoms with E-state index in [0.29, 0.717) is 31.7 Å². The van der Waals surface area contributed by atoms with Crippen LogP contribution in [0.15, 0.2) is 0 Å². The van der Waals surface area contributed by atoms with Gasteiger partial charge in [0.2, 0.25) is 0 Å². The van der Waals surface area contributed by atoms with E-state index in [0.717, 1.165) is 0 Å². The van der Waals surface area contributed by atoms with Crippen LogP contribution in [0, 0.1) is 0 Å². The molecule has 0 aliphatic heterocycles. The van der Waals surface area contributed by atoms with E-state index in [9.17, 15) is 0 Å². The van der Waals surface area contributed by atoms with E-state index in [-0.39, 0.29) is 25.0 Å². The molecule has 0 radical (unpaired) electrons. The minimum atomic E-state index is 0. The summed E-state index contributed by atoms with van der Waals surface area (Å²) in [6, 6.07) is 0. The van der Waals surface area contributed by atoms with E-state index < -0.39 is 0 Å². The van der Waals surface area contributed by atoms with Crippen LogP contribution in [0.4, 0.5) is 0 Å². The molecular weight excluding hydrogens is 385 g/mol. The van der Waals surface area contributed by atoms with Gasteiger partial charge in [-0.05, 0) is 78.0 Å². The van der Waals surface area contributed by atoms with Crippen molar-refractivity contribution in [2.24, 2.45) is 0 Å². The fourth-order valence-corrected chi connectivity index (χ4v) is 7.20. The molecule has 6 heteroatoms. The predicted molar refractivity (Wildman–Crippen MR) is 98.2 cm³/mol. The first-order chi connectivity index (χ1) is 7.25. The molecule has 18 heavy (non-hydrogen) atoms.